The van der Waals surface area contributed by atoms with Gasteiger partial charge in [-0.25, -0.2) is 4.98 Å². The summed E-state index contributed by atoms with van der Waals surface area (Å²) >= 11 is 7.64. The van der Waals surface area contributed by atoms with Crippen molar-refractivity contribution in [2.75, 3.05) is 0 Å². The van der Waals surface area contributed by atoms with Crippen molar-refractivity contribution in [1.82, 2.24) is 29.8 Å². The maximum atomic E-state index is 6.07. The average molecular weight is 385 g/mol. The molecular weight excluding hydrogens is 368 g/mol. The molecule has 0 N–H and O–H groups in total. The number of halogens is 1. The molecule has 0 aliphatic heterocycles. The van der Waals surface area contributed by atoms with E-state index in [9.17, 15) is 0 Å². The van der Waals surface area contributed by atoms with Crippen LogP contribution in [-0.2, 0) is 12.8 Å². The lowest BCUT2D eigenvalue weighted by Crippen LogP contribution is -2.04. The third-order valence-electron chi connectivity index (χ3n) is 4.36. The van der Waals surface area contributed by atoms with E-state index >= 15 is 0 Å². The largest absolute Gasteiger partial charge is 0.330 e. The van der Waals surface area contributed by atoms with E-state index in [4.69, 9.17) is 11.6 Å². The Morgan fingerprint density at radius 1 is 1.12 bits per heavy atom. The summed E-state index contributed by atoms with van der Waals surface area (Å²) in [7, 11) is 2.01. The molecule has 0 aliphatic rings. The van der Waals surface area contributed by atoms with Crippen molar-refractivity contribution < 1.29 is 0 Å². The van der Waals surface area contributed by atoms with Crippen LogP contribution in [0.25, 0.3) is 16.7 Å². The Balaban J connectivity index is 1.64. The van der Waals surface area contributed by atoms with Crippen LogP contribution in [0.5, 0.6) is 0 Å². The number of thioether (sulfide) groups is 1. The second-order valence-corrected chi connectivity index (χ2v) is 7.50. The third kappa shape index (κ3) is 2.97. The molecule has 0 radical (unpaired) electrons. The van der Waals surface area contributed by atoms with Crippen molar-refractivity contribution in [3.05, 3.63) is 58.4 Å². The molecule has 0 aliphatic carbocycles. The van der Waals surface area contributed by atoms with Crippen LogP contribution in [0.2, 0.25) is 5.02 Å². The number of rotatable bonds is 4. The fraction of sp³-hybridized carbons (Fsp3) is 0.222. The number of hydrogen-bond acceptors (Lipinski definition) is 5. The van der Waals surface area contributed by atoms with Crippen molar-refractivity contribution >= 4 is 34.4 Å². The van der Waals surface area contributed by atoms with Gasteiger partial charge in [-0.05, 0) is 53.6 Å². The molecule has 2 aromatic heterocycles. The van der Waals surface area contributed by atoms with Gasteiger partial charge >= 0.3 is 0 Å². The van der Waals surface area contributed by atoms with E-state index in [1.807, 2.05) is 31.3 Å². The summed E-state index contributed by atoms with van der Waals surface area (Å²) in [6, 6.07) is 11.9. The first-order valence-electron chi connectivity index (χ1n) is 8.13. The average Bonchev–Trinajstić information content (AvgIpc) is 3.17. The number of tetrazole rings is 1. The Hall–Kier alpha value is -2.38. The summed E-state index contributed by atoms with van der Waals surface area (Å²) in [5.41, 5.74) is 5.24. The Bertz CT molecular complexity index is 1080. The zero-order chi connectivity index (χ0) is 18.3. The SMILES string of the molecule is Cc1cccc(C)c1-n1nnnc1SCc1nc2cc(Cl)ccc2n1C. The minimum Gasteiger partial charge on any atom is -0.330 e. The van der Waals surface area contributed by atoms with Crippen molar-refractivity contribution in [3.8, 4) is 5.69 Å². The first-order chi connectivity index (χ1) is 12.5. The van der Waals surface area contributed by atoms with Crippen molar-refractivity contribution in [3.63, 3.8) is 0 Å². The second-order valence-electron chi connectivity index (χ2n) is 6.12. The van der Waals surface area contributed by atoms with Gasteiger partial charge in [0.15, 0.2) is 0 Å². The van der Waals surface area contributed by atoms with Crippen molar-refractivity contribution in [2.45, 2.75) is 24.8 Å². The van der Waals surface area contributed by atoms with Crippen LogP contribution in [-0.4, -0.2) is 29.8 Å². The van der Waals surface area contributed by atoms with E-state index in [2.05, 4.69) is 51.1 Å². The number of aryl methyl sites for hydroxylation is 3. The van der Waals surface area contributed by atoms with Gasteiger partial charge in [0.05, 0.1) is 22.5 Å². The lowest BCUT2D eigenvalue weighted by molar-refractivity contribution is 0.746. The van der Waals surface area contributed by atoms with Gasteiger partial charge < -0.3 is 4.57 Å². The van der Waals surface area contributed by atoms with Gasteiger partial charge in [0.1, 0.15) is 5.82 Å². The zero-order valence-electron chi connectivity index (χ0n) is 14.6. The molecular formula is C18H17ClN6S. The highest BCUT2D eigenvalue weighted by atomic mass is 35.5. The quantitative estimate of drug-likeness (QED) is 0.495. The molecule has 132 valence electrons. The molecule has 2 heterocycles. The summed E-state index contributed by atoms with van der Waals surface area (Å²) in [5.74, 6) is 1.61. The number of aromatic nitrogens is 6. The topological polar surface area (TPSA) is 61.4 Å². The van der Waals surface area contributed by atoms with Crippen LogP contribution in [0.1, 0.15) is 17.0 Å². The Morgan fingerprint density at radius 3 is 2.65 bits per heavy atom. The molecule has 0 saturated carbocycles. The summed E-state index contributed by atoms with van der Waals surface area (Å²) in [6.07, 6.45) is 0. The smallest absolute Gasteiger partial charge is 0.214 e. The maximum absolute atomic E-state index is 6.07. The summed E-state index contributed by atoms with van der Waals surface area (Å²) in [6.45, 7) is 4.13. The number of benzene rings is 2. The lowest BCUT2D eigenvalue weighted by atomic mass is 10.1. The van der Waals surface area contributed by atoms with E-state index in [1.54, 1.807) is 16.4 Å². The highest BCUT2D eigenvalue weighted by Crippen LogP contribution is 2.27. The summed E-state index contributed by atoms with van der Waals surface area (Å²) in [4.78, 5) is 4.69. The molecule has 6 nitrogen and oxygen atoms in total. The van der Waals surface area contributed by atoms with Gasteiger partial charge in [-0.1, -0.05) is 41.6 Å². The van der Waals surface area contributed by atoms with E-state index in [0.717, 1.165) is 38.8 Å². The molecule has 4 aromatic rings. The highest BCUT2D eigenvalue weighted by molar-refractivity contribution is 7.98. The van der Waals surface area contributed by atoms with Crippen molar-refractivity contribution in [1.29, 1.82) is 0 Å². The fourth-order valence-corrected chi connectivity index (χ4v) is 4.06. The first-order valence-corrected chi connectivity index (χ1v) is 9.49. The van der Waals surface area contributed by atoms with Crippen LogP contribution in [0.4, 0.5) is 0 Å². The number of para-hydroxylation sites is 1. The van der Waals surface area contributed by atoms with Crippen LogP contribution < -0.4 is 0 Å². The van der Waals surface area contributed by atoms with Gasteiger partial charge in [-0.2, -0.15) is 4.68 Å². The van der Waals surface area contributed by atoms with E-state index in [-0.39, 0.29) is 0 Å². The van der Waals surface area contributed by atoms with Gasteiger partial charge in [-0.15, -0.1) is 5.10 Å². The van der Waals surface area contributed by atoms with Gasteiger partial charge in [-0.3, -0.25) is 0 Å². The predicted octanol–water partition coefficient (Wildman–Crippen LogP) is 4.11. The molecule has 4 rings (SSSR count). The molecule has 0 unspecified atom stereocenters. The normalized spacial score (nSPS) is 11.4. The van der Waals surface area contributed by atoms with Gasteiger partial charge in [0, 0.05) is 12.1 Å². The van der Waals surface area contributed by atoms with Crippen LogP contribution >= 0.6 is 23.4 Å². The molecule has 0 amide bonds. The monoisotopic (exact) mass is 384 g/mol. The van der Waals surface area contributed by atoms with Crippen LogP contribution in [0, 0.1) is 13.8 Å². The number of fused-ring (bicyclic) bond motifs is 1. The summed E-state index contributed by atoms with van der Waals surface area (Å²) < 4.78 is 3.88. The number of hydrogen-bond donors (Lipinski definition) is 0. The Labute approximate surface area is 160 Å². The van der Waals surface area contributed by atoms with E-state index < -0.39 is 0 Å². The Kier molecular flexibility index (Phi) is 4.42. The maximum Gasteiger partial charge on any atom is 0.214 e. The fourth-order valence-electron chi connectivity index (χ4n) is 3.03. The zero-order valence-corrected chi connectivity index (χ0v) is 16.2. The predicted molar refractivity (Wildman–Crippen MR) is 104 cm³/mol. The molecule has 2 aromatic carbocycles. The van der Waals surface area contributed by atoms with Gasteiger partial charge in [0.2, 0.25) is 5.16 Å². The Morgan fingerprint density at radius 2 is 1.88 bits per heavy atom. The van der Waals surface area contributed by atoms with Crippen LogP contribution in [0.3, 0.4) is 0 Å². The molecule has 26 heavy (non-hydrogen) atoms. The van der Waals surface area contributed by atoms with Crippen LogP contribution in [0.15, 0.2) is 41.6 Å². The molecule has 8 heteroatoms. The standard InChI is InChI=1S/C18H17ClN6S/c1-11-5-4-6-12(2)17(11)25-18(21-22-23-25)26-10-16-20-14-9-13(19)7-8-15(14)24(16)3/h4-9H,10H2,1-3H3. The minimum absolute atomic E-state index is 0.661. The molecule has 0 spiro atoms. The first kappa shape index (κ1) is 17.1. The minimum atomic E-state index is 0.661. The van der Waals surface area contributed by atoms with Gasteiger partial charge in [0.25, 0.3) is 0 Å². The lowest BCUT2D eigenvalue weighted by Gasteiger charge is -2.10. The second kappa shape index (κ2) is 6.74. The van der Waals surface area contributed by atoms with Crippen molar-refractivity contribution in [2.24, 2.45) is 7.05 Å². The third-order valence-corrected chi connectivity index (χ3v) is 5.51. The molecule has 0 fully saturated rings. The number of imidazole rings is 1. The molecule has 0 atom stereocenters. The van der Waals surface area contributed by atoms with E-state index in [1.165, 1.54) is 0 Å². The van der Waals surface area contributed by atoms with E-state index in [0.29, 0.717) is 10.8 Å². The molecule has 0 saturated heterocycles. The molecule has 0 bridgehead atoms. The summed E-state index contributed by atoms with van der Waals surface area (Å²) in [5, 5.41) is 13.7. The highest BCUT2D eigenvalue weighted by Gasteiger charge is 2.15. The number of nitrogens with zero attached hydrogens (tertiary/aromatic N) is 6.